The fourth-order valence-corrected chi connectivity index (χ4v) is 4.97. The van der Waals surface area contributed by atoms with Gasteiger partial charge in [-0.2, -0.15) is 0 Å². The van der Waals surface area contributed by atoms with Gasteiger partial charge in [-0.3, -0.25) is 9.71 Å². The Labute approximate surface area is 182 Å². The summed E-state index contributed by atoms with van der Waals surface area (Å²) in [7, 11) is -3.69. The van der Waals surface area contributed by atoms with Crippen LogP contribution in [0.15, 0.2) is 71.8 Å². The molecule has 0 fully saturated rings. The minimum Gasteiger partial charge on any atom is -0.455 e. The maximum atomic E-state index is 12.9. The van der Waals surface area contributed by atoms with Crippen LogP contribution in [-0.4, -0.2) is 13.4 Å². The van der Waals surface area contributed by atoms with Gasteiger partial charge in [-0.15, -0.1) is 0 Å². The molecule has 0 aliphatic carbocycles. The molecule has 0 atom stereocenters. The highest BCUT2D eigenvalue weighted by Gasteiger charge is 2.18. The molecule has 4 rings (SSSR count). The lowest BCUT2D eigenvalue weighted by atomic mass is 10.1. The molecule has 3 aromatic carbocycles. The van der Waals surface area contributed by atoms with Crippen LogP contribution in [0.1, 0.15) is 22.3 Å². The van der Waals surface area contributed by atoms with Crippen LogP contribution < -0.4 is 9.46 Å². The summed E-state index contributed by atoms with van der Waals surface area (Å²) < 4.78 is 34.6. The number of hydrogen-bond donors (Lipinski definition) is 1. The van der Waals surface area contributed by atoms with E-state index in [0.29, 0.717) is 22.7 Å². The quantitative estimate of drug-likeness (QED) is 0.416. The van der Waals surface area contributed by atoms with Gasteiger partial charge >= 0.3 is 0 Å². The van der Waals surface area contributed by atoms with E-state index in [1.807, 2.05) is 57.2 Å². The van der Waals surface area contributed by atoms with Gasteiger partial charge in [-0.25, -0.2) is 8.42 Å². The molecule has 5 nitrogen and oxygen atoms in total. The Morgan fingerprint density at radius 3 is 2.26 bits per heavy atom. The van der Waals surface area contributed by atoms with Gasteiger partial charge < -0.3 is 4.74 Å². The van der Waals surface area contributed by atoms with Crippen molar-refractivity contribution in [2.45, 2.75) is 32.6 Å². The first kappa shape index (κ1) is 20.9. The summed E-state index contributed by atoms with van der Waals surface area (Å²) >= 11 is 0. The summed E-state index contributed by atoms with van der Waals surface area (Å²) in [5.74, 6) is 1.32. The van der Waals surface area contributed by atoms with Crippen LogP contribution in [0.2, 0.25) is 0 Å². The number of sulfonamides is 1. The lowest BCUT2D eigenvalue weighted by Crippen LogP contribution is -2.14. The summed E-state index contributed by atoms with van der Waals surface area (Å²) in [5, 5.41) is 0.994. The van der Waals surface area contributed by atoms with E-state index >= 15 is 0 Å². The third-order valence-corrected chi connectivity index (χ3v) is 6.66. The molecular formula is C25H24N2O3S. The van der Waals surface area contributed by atoms with E-state index in [0.717, 1.165) is 27.6 Å². The van der Waals surface area contributed by atoms with E-state index in [1.165, 1.54) is 0 Å². The molecule has 1 N–H and O–H groups in total. The number of nitrogens with one attached hydrogen (secondary N) is 1. The number of benzene rings is 3. The standard InChI is InChI=1S/C25H24N2O3S/c1-16-9-10-24(17(2)11-16)31(28,29)27-21-12-18(3)25(19(4)13-21)30-22-14-20-7-5-6-8-23(20)26-15-22/h5-15,27H,1-4H3. The predicted molar refractivity (Wildman–Crippen MR) is 124 cm³/mol. The second kappa shape index (κ2) is 8.04. The SMILES string of the molecule is Cc1ccc(S(=O)(=O)Nc2cc(C)c(Oc3cnc4ccccc4c3)c(C)c2)c(C)c1. The molecule has 0 spiro atoms. The number of pyridine rings is 1. The fraction of sp³-hybridized carbons (Fsp3) is 0.160. The Bertz CT molecular complexity index is 1370. The van der Waals surface area contributed by atoms with E-state index in [1.54, 1.807) is 37.4 Å². The number of aromatic nitrogens is 1. The number of anilines is 1. The third-order valence-electron chi connectivity index (χ3n) is 5.12. The third kappa shape index (κ3) is 4.39. The summed E-state index contributed by atoms with van der Waals surface area (Å²) in [6.07, 6.45) is 1.69. The van der Waals surface area contributed by atoms with Gasteiger partial charge in [0.2, 0.25) is 0 Å². The van der Waals surface area contributed by atoms with Gasteiger partial charge in [-0.1, -0.05) is 35.9 Å². The molecule has 1 aromatic heterocycles. The predicted octanol–water partition coefficient (Wildman–Crippen LogP) is 6.06. The maximum Gasteiger partial charge on any atom is 0.262 e. The number of ether oxygens (including phenoxy) is 1. The highest BCUT2D eigenvalue weighted by Crippen LogP contribution is 2.33. The smallest absolute Gasteiger partial charge is 0.262 e. The van der Waals surface area contributed by atoms with E-state index in [-0.39, 0.29) is 4.90 Å². The van der Waals surface area contributed by atoms with Crippen molar-refractivity contribution in [1.82, 2.24) is 4.98 Å². The Hall–Kier alpha value is -3.38. The lowest BCUT2D eigenvalue weighted by molar-refractivity contribution is 0.474. The van der Waals surface area contributed by atoms with Crippen molar-refractivity contribution >= 4 is 26.6 Å². The molecule has 158 valence electrons. The molecule has 0 bridgehead atoms. The van der Waals surface area contributed by atoms with Crippen LogP contribution in [0.4, 0.5) is 5.69 Å². The molecule has 6 heteroatoms. The van der Waals surface area contributed by atoms with Crippen LogP contribution in [0.3, 0.4) is 0 Å². The molecule has 31 heavy (non-hydrogen) atoms. The Morgan fingerprint density at radius 2 is 1.55 bits per heavy atom. The number of para-hydroxylation sites is 1. The largest absolute Gasteiger partial charge is 0.455 e. The van der Waals surface area contributed by atoms with E-state index < -0.39 is 10.0 Å². The average molecular weight is 433 g/mol. The number of fused-ring (bicyclic) bond motifs is 1. The van der Waals surface area contributed by atoms with Crippen LogP contribution in [0.5, 0.6) is 11.5 Å². The maximum absolute atomic E-state index is 12.9. The van der Waals surface area contributed by atoms with Crippen LogP contribution in [0, 0.1) is 27.7 Å². The monoisotopic (exact) mass is 432 g/mol. The summed E-state index contributed by atoms with van der Waals surface area (Å²) in [6.45, 7) is 7.53. The Balaban J connectivity index is 1.62. The minimum absolute atomic E-state index is 0.274. The van der Waals surface area contributed by atoms with E-state index in [2.05, 4.69) is 9.71 Å². The first-order valence-corrected chi connectivity index (χ1v) is 11.5. The van der Waals surface area contributed by atoms with Gasteiger partial charge in [0.1, 0.15) is 11.5 Å². The second-order valence-electron chi connectivity index (χ2n) is 7.78. The minimum atomic E-state index is -3.69. The average Bonchev–Trinajstić information content (AvgIpc) is 2.70. The molecule has 0 saturated heterocycles. The Morgan fingerprint density at radius 1 is 0.839 bits per heavy atom. The number of rotatable bonds is 5. The molecule has 0 aliphatic rings. The summed E-state index contributed by atoms with van der Waals surface area (Å²) in [5.41, 5.74) is 4.79. The van der Waals surface area contributed by atoms with Crippen LogP contribution in [-0.2, 0) is 10.0 Å². The molecule has 0 radical (unpaired) electrons. The zero-order chi connectivity index (χ0) is 22.2. The van der Waals surface area contributed by atoms with Crippen molar-refractivity contribution in [2.75, 3.05) is 4.72 Å². The second-order valence-corrected chi connectivity index (χ2v) is 9.43. The van der Waals surface area contributed by atoms with Gasteiger partial charge in [-0.05, 0) is 74.7 Å². The van der Waals surface area contributed by atoms with Crippen molar-refractivity contribution in [3.63, 3.8) is 0 Å². The van der Waals surface area contributed by atoms with Gasteiger partial charge in [0, 0.05) is 11.1 Å². The molecule has 0 aliphatic heterocycles. The first-order valence-electron chi connectivity index (χ1n) is 9.97. The van der Waals surface area contributed by atoms with Gasteiger partial charge in [0.05, 0.1) is 16.6 Å². The number of hydrogen-bond acceptors (Lipinski definition) is 4. The fourth-order valence-electron chi connectivity index (χ4n) is 3.71. The van der Waals surface area contributed by atoms with Gasteiger partial charge in [0.25, 0.3) is 10.0 Å². The zero-order valence-corrected chi connectivity index (χ0v) is 18.7. The topological polar surface area (TPSA) is 68.3 Å². The van der Waals surface area contributed by atoms with Gasteiger partial charge in [0.15, 0.2) is 0 Å². The molecule has 0 amide bonds. The van der Waals surface area contributed by atoms with Crippen LogP contribution >= 0.6 is 0 Å². The molecular weight excluding hydrogens is 408 g/mol. The molecule has 0 saturated carbocycles. The molecule has 0 unspecified atom stereocenters. The van der Waals surface area contributed by atoms with Crippen molar-refractivity contribution in [3.8, 4) is 11.5 Å². The summed E-state index contributed by atoms with van der Waals surface area (Å²) in [4.78, 5) is 4.71. The number of aryl methyl sites for hydroxylation is 4. The van der Waals surface area contributed by atoms with E-state index in [9.17, 15) is 8.42 Å². The van der Waals surface area contributed by atoms with Crippen molar-refractivity contribution in [3.05, 3.63) is 89.1 Å². The lowest BCUT2D eigenvalue weighted by Gasteiger charge is -2.16. The normalized spacial score (nSPS) is 11.5. The zero-order valence-electron chi connectivity index (χ0n) is 17.9. The van der Waals surface area contributed by atoms with E-state index in [4.69, 9.17) is 4.74 Å². The van der Waals surface area contributed by atoms with Crippen molar-refractivity contribution < 1.29 is 13.2 Å². The van der Waals surface area contributed by atoms with Crippen molar-refractivity contribution in [2.24, 2.45) is 0 Å². The highest BCUT2D eigenvalue weighted by molar-refractivity contribution is 7.92. The summed E-state index contributed by atoms with van der Waals surface area (Å²) in [6, 6.07) is 18.6. The molecule has 4 aromatic rings. The molecule has 1 heterocycles. The number of nitrogens with zero attached hydrogens (tertiary/aromatic N) is 1. The Kier molecular flexibility index (Phi) is 5.41. The highest BCUT2D eigenvalue weighted by atomic mass is 32.2. The van der Waals surface area contributed by atoms with Crippen LogP contribution in [0.25, 0.3) is 10.9 Å². The van der Waals surface area contributed by atoms with Crippen molar-refractivity contribution in [1.29, 1.82) is 0 Å². The first-order chi connectivity index (χ1) is 14.7.